The Morgan fingerprint density at radius 1 is 1.47 bits per heavy atom. The van der Waals surface area contributed by atoms with Gasteiger partial charge in [-0.1, -0.05) is 6.07 Å². The molecule has 0 spiro atoms. The van der Waals surface area contributed by atoms with Gasteiger partial charge < -0.3 is 14.8 Å². The molecule has 0 aromatic heterocycles. The fourth-order valence-corrected chi connectivity index (χ4v) is 2.14. The number of anilines is 1. The number of carbonyl (C=O) groups is 1. The summed E-state index contributed by atoms with van der Waals surface area (Å²) in [6.07, 6.45) is 2.50. The van der Waals surface area contributed by atoms with Crippen molar-refractivity contribution < 1.29 is 14.3 Å². The smallest absolute Gasteiger partial charge is 0.338 e. The molecule has 0 radical (unpaired) electrons. The number of hydrogen-bond donors (Lipinski definition) is 1. The van der Waals surface area contributed by atoms with Crippen molar-refractivity contribution in [1.29, 1.82) is 0 Å². The Labute approximate surface area is 114 Å². The number of hydrogen-bond acceptors (Lipinski definition) is 4. The maximum atomic E-state index is 11.7. The zero-order valence-electron chi connectivity index (χ0n) is 11.5. The minimum atomic E-state index is -0.277. The average molecular weight is 263 g/mol. The standard InChI is InChI=1S/C15H21NO3/c1-3-19-15(17)12-5-4-6-13(9-12)16-14(10-18-2)11-7-8-11/h4-6,9,11,14,16H,3,7-8,10H2,1-2H3. The van der Waals surface area contributed by atoms with E-state index in [0.717, 1.165) is 5.69 Å². The van der Waals surface area contributed by atoms with Gasteiger partial charge in [-0.15, -0.1) is 0 Å². The second kappa shape index (κ2) is 6.57. The van der Waals surface area contributed by atoms with Crippen LogP contribution in [0.15, 0.2) is 24.3 Å². The molecule has 1 aromatic carbocycles. The van der Waals surface area contributed by atoms with Gasteiger partial charge in [0, 0.05) is 12.8 Å². The van der Waals surface area contributed by atoms with Crippen LogP contribution in [0.1, 0.15) is 30.1 Å². The Morgan fingerprint density at radius 2 is 2.26 bits per heavy atom. The van der Waals surface area contributed by atoms with E-state index in [2.05, 4.69) is 5.32 Å². The summed E-state index contributed by atoms with van der Waals surface area (Å²) in [5, 5.41) is 3.45. The minimum Gasteiger partial charge on any atom is -0.462 e. The first-order chi connectivity index (χ1) is 9.24. The maximum Gasteiger partial charge on any atom is 0.338 e. The second-order valence-electron chi connectivity index (χ2n) is 4.84. The van der Waals surface area contributed by atoms with E-state index in [1.54, 1.807) is 13.2 Å². The summed E-state index contributed by atoms with van der Waals surface area (Å²) >= 11 is 0. The zero-order chi connectivity index (χ0) is 13.7. The molecule has 1 N–H and O–H groups in total. The molecule has 0 heterocycles. The topological polar surface area (TPSA) is 47.6 Å². The molecule has 4 heteroatoms. The van der Waals surface area contributed by atoms with Gasteiger partial charge in [0.05, 0.1) is 24.8 Å². The van der Waals surface area contributed by atoms with Crippen LogP contribution >= 0.6 is 0 Å². The monoisotopic (exact) mass is 263 g/mol. The van der Waals surface area contributed by atoms with Gasteiger partial charge in [-0.3, -0.25) is 0 Å². The summed E-state index contributed by atoms with van der Waals surface area (Å²) < 4.78 is 10.2. The number of benzene rings is 1. The van der Waals surface area contributed by atoms with Crippen molar-refractivity contribution in [3.63, 3.8) is 0 Å². The summed E-state index contributed by atoms with van der Waals surface area (Å²) in [4.78, 5) is 11.7. The maximum absolute atomic E-state index is 11.7. The Bertz CT molecular complexity index is 429. The molecule has 2 rings (SSSR count). The molecule has 1 fully saturated rings. The average Bonchev–Trinajstić information content (AvgIpc) is 3.23. The molecule has 1 saturated carbocycles. The molecular weight excluding hydrogens is 242 g/mol. The third-order valence-corrected chi connectivity index (χ3v) is 3.26. The van der Waals surface area contributed by atoms with E-state index in [1.165, 1.54) is 12.8 Å². The second-order valence-corrected chi connectivity index (χ2v) is 4.84. The van der Waals surface area contributed by atoms with Crippen molar-refractivity contribution in [3.8, 4) is 0 Å². The highest BCUT2D eigenvalue weighted by molar-refractivity contribution is 5.90. The van der Waals surface area contributed by atoms with Crippen molar-refractivity contribution in [3.05, 3.63) is 29.8 Å². The van der Waals surface area contributed by atoms with Gasteiger partial charge in [0.1, 0.15) is 0 Å². The first-order valence-electron chi connectivity index (χ1n) is 6.77. The van der Waals surface area contributed by atoms with Gasteiger partial charge >= 0.3 is 5.97 Å². The molecule has 1 aromatic rings. The van der Waals surface area contributed by atoms with Crippen molar-refractivity contribution in [2.45, 2.75) is 25.8 Å². The van der Waals surface area contributed by atoms with Gasteiger partial charge in [-0.25, -0.2) is 4.79 Å². The van der Waals surface area contributed by atoms with E-state index >= 15 is 0 Å². The molecule has 1 unspecified atom stereocenters. The van der Waals surface area contributed by atoms with E-state index in [9.17, 15) is 4.79 Å². The van der Waals surface area contributed by atoms with Crippen LogP contribution < -0.4 is 5.32 Å². The third kappa shape index (κ3) is 3.96. The quantitative estimate of drug-likeness (QED) is 0.768. The van der Waals surface area contributed by atoms with Crippen LogP contribution in [0.3, 0.4) is 0 Å². The lowest BCUT2D eigenvalue weighted by Gasteiger charge is -2.19. The molecule has 0 aliphatic heterocycles. The number of carbonyl (C=O) groups excluding carboxylic acids is 1. The van der Waals surface area contributed by atoms with Crippen molar-refractivity contribution in [2.75, 3.05) is 25.6 Å². The largest absolute Gasteiger partial charge is 0.462 e. The van der Waals surface area contributed by atoms with Crippen LogP contribution in [0.4, 0.5) is 5.69 Å². The van der Waals surface area contributed by atoms with E-state index in [0.29, 0.717) is 30.7 Å². The lowest BCUT2D eigenvalue weighted by Crippen LogP contribution is -2.27. The summed E-state index contributed by atoms with van der Waals surface area (Å²) in [5.74, 6) is 0.409. The van der Waals surface area contributed by atoms with Crippen LogP contribution in [-0.2, 0) is 9.47 Å². The van der Waals surface area contributed by atoms with Gasteiger partial charge in [-0.05, 0) is 43.9 Å². The predicted molar refractivity (Wildman–Crippen MR) is 74.4 cm³/mol. The van der Waals surface area contributed by atoms with Crippen LogP contribution in [0.5, 0.6) is 0 Å². The fraction of sp³-hybridized carbons (Fsp3) is 0.533. The summed E-state index contributed by atoms with van der Waals surface area (Å²) in [7, 11) is 1.71. The lowest BCUT2D eigenvalue weighted by atomic mass is 10.1. The van der Waals surface area contributed by atoms with Crippen LogP contribution in [0.25, 0.3) is 0 Å². The SMILES string of the molecule is CCOC(=O)c1cccc(NC(COC)C2CC2)c1. The van der Waals surface area contributed by atoms with Gasteiger partial charge in [-0.2, -0.15) is 0 Å². The van der Waals surface area contributed by atoms with Crippen LogP contribution in [0, 0.1) is 5.92 Å². The van der Waals surface area contributed by atoms with E-state index in [1.807, 2.05) is 25.1 Å². The Hall–Kier alpha value is -1.55. The summed E-state index contributed by atoms with van der Waals surface area (Å²) in [6, 6.07) is 7.76. The number of esters is 1. The molecule has 0 amide bonds. The molecule has 1 aliphatic carbocycles. The molecule has 1 atom stereocenters. The first-order valence-corrected chi connectivity index (χ1v) is 6.77. The Morgan fingerprint density at radius 3 is 2.89 bits per heavy atom. The van der Waals surface area contributed by atoms with E-state index in [-0.39, 0.29) is 5.97 Å². The highest BCUT2D eigenvalue weighted by Gasteiger charge is 2.31. The van der Waals surface area contributed by atoms with Crippen molar-refractivity contribution in [2.24, 2.45) is 5.92 Å². The van der Waals surface area contributed by atoms with Crippen LogP contribution in [0.2, 0.25) is 0 Å². The molecule has 19 heavy (non-hydrogen) atoms. The van der Waals surface area contributed by atoms with Gasteiger partial charge in [0.25, 0.3) is 0 Å². The van der Waals surface area contributed by atoms with Gasteiger partial charge in [0.15, 0.2) is 0 Å². The number of nitrogens with one attached hydrogen (secondary N) is 1. The molecule has 0 saturated heterocycles. The molecular formula is C15H21NO3. The van der Waals surface area contributed by atoms with Crippen molar-refractivity contribution >= 4 is 11.7 Å². The number of ether oxygens (including phenoxy) is 2. The third-order valence-electron chi connectivity index (χ3n) is 3.26. The van der Waals surface area contributed by atoms with Gasteiger partial charge in [0.2, 0.25) is 0 Å². The summed E-state index contributed by atoms with van der Waals surface area (Å²) in [6.45, 7) is 2.89. The Kier molecular flexibility index (Phi) is 4.80. The summed E-state index contributed by atoms with van der Waals surface area (Å²) in [5.41, 5.74) is 1.53. The van der Waals surface area contributed by atoms with Crippen LogP contribution in [-0.4, -0.2) is 32.3 Å². The molecule has 104 valence electrons. The molecule has 0 bridgehead atoms. The number of rotatable bonds is 7. The number of methoxy groups -OCH3 is 1. The minimum absolute atomic E-state index is 0.277. The normalized spacial score (nSPS) is 15.9. The Balaban J connectivity index is 2.03. The highest BCUT2D eigenvalue weighted by Crippen LogP contribution is 2.34. The first kappa shape index (κ1) is 13.9. The van der Waals surface area contributed by atoms with Crippen molar-refractivity contribution in [1.82, 2.24) is 0 Å². The zero-order valence-corrected chi connectivity index (χ0v) is 11.5. The lowest BCUT2D eigenvalue weighted by molar-refractivity contribution is 0.0526. The molecule has 1 aliphatic rings. The highest BCUT2D eigenvalue weighted by atomic mass is 16.5. The van der Waals surface area contributed by atoms with E-state index < -0.39 is 0 Å². The fourth-order valence-electron chi connectivity index (χ4n) is 2.14. The van der Waals surface area contributed by atoms with E-state index in [4.69, 9.17) is 9.47 Å². The molecule has 4 nitrogen and oxygen atoms in total. The predicted octanol–water partition coefficient (Wildman–Crippen LogP) is 2.70.